The van der Waals surface area contributed by atoms with Crippen molar-refractivity contribution in [2.24, 2.45) is 0 Å². The molecule has 28 heavy (non-hydrogen) atoms. The molecular weight excluding hydrogens is 356 g/mol. The number of aromatic hydroxyl groups is 1. The standard InChI is InChI=1S/C23H34O5/c1-5-6-7-8-9-10-11-12-16-26-21-20(24)19-17(27-22(21)25)14-13-15-18(19)28-23(2,3)4/h13-15,24H,5-12,16H2,1-4H3. The maximum atomic E-state index is 12.2. The van der Waals surface area contributed by atoms with E-state index in [0.29, 0.717) is 17.7 Å². The summed E-state index contributed by atoms with van der Waals surface area (Å²) in [6.07, 6.45) is 9.42. The van der Waals surface area contributed by atoms with Gasteiger partial charge in [-0.3, -0.25) is 0 Å². The zero-order chi connectivity index (χ0) is 20.6. The predicted octanol–water partition coefficient (Wildman–Crippen LogP) is 6.20. The smallest absolute Gasteiger partial charge is 0.383 e. The molecule has 0 aliphatic rings. The van der Waals surface area contributed by atoms with Crippen LogP contribution in [-0.2, 0) is 0 Å². The molecule has 0 radical (unpaired) electrons. The van der Waals surface area contributed by atoms with Gasteiger partial charge in [-0.2, -0.15) is 0 Å². The van der Waals surface area contributed by atoms with Crippen molar-refractivity contribution in [3.8, 4) is 17.2 Å². The summed E-state index contributed by atoms with van der Waals surface area (Å²) in [5.74, 6) is 0.106. The summed E-state index contributed by atoms with van der Waals surface area (Å²) in [5, 5.41) is 11.0. The van der Waals surface area contributed by atoms with Crippen molar-refractivity contribution in [1.29, 1.82) is 0 Å². The lowest BCUT2D eigenvalue weighted by molar-refractivity contribution is 0.132. The molecule has 0 fully saturated rings. The van der Waals surface area contributed by atoms with Crippen molar-refractivity contribution in [1.82, 2.24) is 0 Å². The van der Waals surface area contributed by atoms with Crippen LogP contribution in [0.5, 0.6) is 17.2 Å². The van der Waals surface area contributed by atoms with Gasteiger partial charge in [0.05, 0.1) is 6.61 Å². The average molecular weight is 391 g/mol. The molecule has 0 amide bonds. The van der Waals surface area contributed by atoms with Gasteiger partial charge in [0.1, 0.15) is 22.3 Å². The second-order valence-electron chi connectivity index (χ2n) is 8.23. The first-order valence-electron chi connectivity index (χ1n) is 10.4. The molecule has 1 heterocycles. The van der Waals surface area contributed by atoms with Gasteiger partial charge in [0.2, 0.25) is 5.75 Å². The SMILES string of the molecule is CCCCCCCCCCOc1c(O)c2c(OC(C)(C)C)cccc2oc1=O. The van der Waals surface area contributed by atoms with Crippen LogP contribution in [0, 0.1) is 0 Å². The van der Waals surface area contributed by atoms with Gasteiger partial charge >= 0.3 is 5.63 Å². The highest BCUT2D eigenvalue weighted by atomic mass is 16.5. The Bertz CT molecular complexity index is 801. The van der Waals surface area contributed by atoms with Gasteiger partial charge in [-0.25, -0.2) is 4.79 Å². The number of benzene rings is 1. The molecule has 1 aromatic heterocycles. The first-order valence-corrected chi connectivity index (χ1v) is 10.4. The minimum atomic E-state index is -0.669. The Morgan fingerprint density at radius 1 is 1.00 bits per heavy atom. The summed E-state index contributed by atoms with van der Waals surface area (Å²) in [7, 11) is 0. The fourth-order valence-electron chi connectivity index (χ4n) is 3.14. The quantitative estimate of drug-likeness (QED) is 0.366. The predicted molar refractivity (Wildman–Crippen MR) is 113 cm³/mol. The third-order valence-electron chi connectivity index (χ3n) is 4.49. The Kier molecular flexibility index (Phi) is 8.21. The highest BCUT2D eigenvalue weighted by Crippen LogP contribution is 2.39. The van der Waals surface area contributed by atoms with E-state index in [1.807, 2.05) is 20.8 Å². The van der Waals surface area contributed by atoms with Crippen molar-refractivity contribution >= 4 is 11.0 Å². The lowest BCUT2D eigenvalue weighted by Crippen LogP contribution is -2.23. The van der Waals surface area contributed by atoms with Gasteiger partial charge in [0.25, 0.3) is 0 Å². The molecule has 0 aliphatic heterocycles. The van der Waals surface area contributed by atoms with Gasteiger partial charge in [-0.15, -0.1) is 0 Å². The number of hydrogen-bond acceptors (Lipinski definition) is 5. The maximum Gasteiger partial charge on any atom is 0.383 e. The second kappa shape index (κ2) is 10.4. The van der Waals surface area contributed by atoms with Crippen molar-refractivity contribution in [3.05, 3.63) is 28.6 Å². The van der Waals surface area contributed by atoms with E-state index in [4.69, 9.17) is 13.9 Å². The molecule has 0 atom stereocenters. The Morgan fingerprint density at radius 2 is 1.64 bits per heavy atom. The Labute approximate surface area is 167 Å². The van der Waals surface area contributed by atoms with E-state index in [2.05, 4.69) is 6.92 Å². The Morgan fingerprint density at radius 3 is 2.29 bits per heavy atom. The third kappa shape index (κ3) is 6.47. The average Bonchev–Trinajstić information content (AvgIpc) is 2.61. The molecule has 0 aliphatic carbocycles. The first kappa shape index (κ1) is 22.1. The normalized spacial score (nSPS) is 11.7. The second-order valence-corrected chi connectivity index (χ2v) is 8.23. The largest absolute Gasteiger partial charge is 0.503 e. The third-order valence-corrected chi connectivity index (χ3v) is 4.49. The highest BCUT2D eigenvalue weighted by Gasteiger charge is 2.21. The van der Waals surface area contributed by atoms with Crippen molar-refractivity contribution in [3.63, 3.8) is 0 Å². The monoisotopic (exact) mass is 390 g/mol. The van der Waals surface area contributed by atoms with Crippen LogP contribution in [0.4, 0.5) is 0 Å². The fraction of sp³-hybridized carbons (Fsp3) is 0.609. The van der Waals surface area contributed by atoms with E-state index in [9.17, 15) is 9.90 Å². The molecule has 0 bridgehead atoms. The van der Waals surface area contributed by atoms with Gasteiger partial charge < -0.3 is 19.0 Å². The first-order chi connectivity index (χ1) is 13.3. The molecule has 5 nitrogen and oxygen atoms in total. The molecule has 0 spiro atoms. The van der Waals surface area contributed by atoms with E-state index in [1.54, 1.807) is 18.2 Å². The van der Waals surface area contributed by atoms with Crippen LogP contribution in [0.2, 0.25) is 0 Å². The molecule has 2 aromatic rings. The number of ether oxygens (including phenoxy) is 2. The van der Waals surface area contributed by atoms with Crippen molar-refractivity contribution in [2.45, 2.75) is 84.7 Å². The minimum absolute atomic E-state index is 0.139. The Hall–Kier alpha value is -2.17. The summed E-state index contributed by atoms with van der Waals surface area (Å²) in [5.41, 5.74) is -0.837. The van der Waals surface area contributed by atoms with E-state index in [-0.39, 0.29) is 17.1 Å². The highest BCUT2D eigenvalue weighted by molar-refractivity contribution is 5.91. The number of fused-ring (bicyclic) bond motifs is 1. The van der Waals surface area contributed by atoms with Crippen LogP contribution in [-0.4, -0.2) is 17.3 Å². The molecule has 2 rings (SSSR count). The summed E-state index contributed by atoms with van der Waals surface area (Å²) in [4.78, 5) is 12.2. The van der Waals surface area contributed by atoms with Crippen molar-refractivity contribution in [2.75, 3.05) is 6.61 Å². The summed E-state index contributed by atoms with van der Waals surface area (Å²) in [6, 6.07) is 5.11. The van der Waals surface area contributed by atoms with Crippen LogP contribution >= 0.6 is 0 Å². The van der Waals surface area contributed by atoms with E-state index >= 15 is 0 Å². The Balaban J connectivity index is 2.01. The molecule has 0 saturated heterocycles. The number of rotatable bonds is 11. The summed E-state index contributed by atoms with van der Waals surface area (Å²) in [6.45, 7) is 8.35. The zero-order valence-electron chi connectivity index (χ0n) is 17.7. The molecule has 1 N–H and O–H groups in total. The van der Waals surface area contributed by atoms with Gasteiger partial charge in [0.15, 0.2) is 5.75 Å². The maximum absolute atomic E-state index is 12.2. The van der Waals surface area contributed by atoms with Crippen LogP contribution in [0.15, 0.2) is 27.4 Å². The summed E-state index contributed by atoms with van der Waals surface area (Å²) >= 11 is 0. The molecule has 0 saturated carbocycles. The lowest BCUT2D eigenvalue weighted by atomic mass is 10.1. The van der Waals surface area contributed by atoms with Gasteiger partial charge in [-0.1, -0.05) is 57.9 Å². The van der Waals surface area contributed by atoms with Crippen LogP contribution < -0.4 is 15.1 Å². The molecule has 0 unspecified atom stereocenters. The van der Waals surface area contributed by atoms with Crippen LogP contribution in [0.3, 0.4) is 0 Å². The molecule has 1 aromatic carbocycles. The summed E-state index contributed by atoms with van der Waals surface area (Å²) < 4.78 is 16.8. The molecule has 5 heteroatoms. The zero-order valence-corrected chi connectivity index (χ0v) is 17.7. The number of unbranched alkanes of at least 4 members (excludes halogenated alkanes) is 7. The van der Waals surface area contributed by atoms with Gasteiger partial charge in [-0.05, 0) is 39.3 Å². The fourth-order valence-corrected chi connectivity index (χ4v) is 3.14. The van der Waals surface area contributed by atoms with Gasteiger partial charge in [0, 0.05) is 0 Å². The van der Waals surface area contributed by atoms with Crippen LogP contribution in [0.25, 0.3) is 11.0 Å². The topological polar surface area (TPSA) is 68.9 Å². The van der Waals surface area contributed by atoms with E-state index in [1.165, 1.54) is 32.1 Å². The van der Waals surface area contributed by atoms with E-state index < -0.39 is 11.2 Å². The molecule has 156 valence electrons. The molecular formula is C23H34O5. The van der Waals surface area contributed by atoms with Crippen molar-refractivity contribution < 1.29 is 19.0 Å². The van der Waals surface area contributed by atoms with Crippen LogP contribution in [0.1, 0.15) is 79.1 Å². The minimum Gasteiger partial charge on any atom is -0.503 e. The lowest BCUT2D eigenvalue weighted by Gasteiger charge is -2.22. The number of hydrogen-bond donors (Lipinski definition) is 1. The van der Waals surface area contributed by atoms with E-state index in [0.717, 1.165) is 19.3 Å².